The van der Waals surface area contributed by atoms with E-state index in [1.807, 2.05) is 0 Å². The van der Waals surface area contributed by atoms with Gasteiger partial charge in [-0.1, -0.05) is 0 Å². The van der Waals surface area contributed by atoms with E-state index in [0.717, 1.165) is 0 Å². The summed E-state index contributed by atoms with van der Waals surface area (Å²) in [4.78, 5) is 17.3. The van der Waals surface area contributed by atoms with Crippen LogP contribution in [0.2, 0.25) is 0 Å². The summed E-state index contributed by atoms with van der Waals surface area (Å²) in [6.45, 7) is 1.46. The molecule has 0 saturated carbocycles. The number of aliphatic carboxylic acids is 1. The van der Waals surface area contributed by atoms with Gasteiger partial charge in [0, 0.05) is 18.8 Å². The molecule has 0 aliphatic carbocycles. The lowest BCUT2D eigenvalue weighted by molar-refractivity contribution is -0.142. The summed E-state index contributed by atoms with van der Waals surface area (Å²) in [5.41, 5.74) is 4.24. The van der Waals surface area contributed by atoms with E-state index in [1.165, 1.54) is 6.92 Å². The summed E-state index contributed by atoms with van der Waals surface area (Å²) in [5, 5.41) is 8.67. The van der Waals surface area contributed by atoms with E-state index < -0.39 is 11.5 Å². The van der Waals surface area contributed by atoms with Crippen molar-refractivity contribution in [3.8, 4) is 0 Å². The van der Waals surface area contributed by atoms with Crippen LogP contribution in [0.25, 0.3) is 0 Å². The molecule has 0 aliphatic heterocycles. The number of carbonyl (C=O) groups is 1. The van der Waals surface area contributed by atoms with Gasteiger partial charge >= 0.3 is 5.97 Å². The zero-order valence-electron chi connectivity index (χ0n) is 6.74. The number of aromatic amines is 1. The molecule has 0 aromatic carbocycles. The lowest BCUT2D eigenvalue weighted by atomic mass is 10.00. The zero-order valence-corrected chi connectivity index (χ0v) is 6.74. The molecular weight excluding hydrogens is 158 g/mol. The van der Waals surface area contributed by atoms with E-state index in [-0.39, 0.29) is 6.42 Å². The van der Waals surface area contributed by atoms with Crippen molar-refractivity contribution < 1.29 is 9.90 Å². The van der Waals surface area contributed by atoms with E-state index in [4.69, 9.17) is 10.8 Å². The van der Waals surface area contributed by atoms with Gasteiger partial charge in [-0.05, 0) is 6.92 Å². The number of imidazole rings is 1. The maximum Gasteiger partial charge on any atom is 0.323 e. The van der Waals surface area contributed by atoms with Gasteiger partial charge in [-0.15, -0.1) is 0 Å². The number of carboxylic acids is 1. The maximum atomic E-state index is 10.6. The van der Waals surface area contributed by atoms with Crippen LogP contribution in [-0.4, -0.2) is 26.6 Å². The summed E-state index contributed by atoms with van der Waals surface area (Å²) >= 11 is 0. The highest BCUT2D eigenvalue weighted by Crippen LogP contribution is 2.06. The molecule has 4 N–H and O–H groups in total. The van der Waals surface area contributed by atoms with Crippen LogP contribution >= 0.6 is 0 Å². The van der Waals surface area contributed by atoms with E-state index in [9.17, 15) is 4.79 Å². The summed E-state index contributed by atoms with van der Waals surface area (Å²) in [5.74, 6) is -0.443. The first-order valence-corrected chi connectivity index (χ1v) is 3.53. The molecule has 0 aliphatic rings. The van der Waals surface area contributed by atoms with Crippen LogP contribution in [0.1, 0.15) is 12.7 Å². The van der Waals surface area contributed by atoms with Crippen molar-refractivity contribution in [2.75, 3.05) is 0 Å². The first kappa shape index (κ1) is 8.73. The molecule has 0 bridgehead atoms. The van der Waals surface area contributed by atoms with Gasteiger partial charge in [0.25, 0.3) is 0 Å². The minimum absolute atomic E-state index is 0.204. The fourth-order valence-corrected chi connectivity index (χ4v) is 0.818. The first-order valence-electron chi connectivity index (χ1n) is 3.53. The smallest absolute Gasteiger partial charge is 0.323 e. The highest BCUT2D eigenvalue weighted by atomic mass is 16.4. The quantitative estimate of drug-likeness (QED) is 0.582. The Balaban J connectivity index is 2.69. The summed E-state index contributed by atoms with van der Waals surface area (Å²) in [7, 11) is 0. The highest BCUT2D eigenvalue weighted by Gasteiger charge is 2.28. The predicted octanol–water partition coefficient (Wildman–Crippen LogP) is -0.246. The highest BCUT2D eigenvalue weighted by molar-refractivity contribution is 5.78. The normalized spacial score (nSPS) is 15.5. The second-order valence-corrected chi connectivity index (χ2v) is 2.94. The predicted molar refractivity (Wildman–Crippen MR) is 42.5 cm³/mol. The van der Waals surface area contributed by atoms with Crippen molar-refractivity contribution in [2.45, 2.75) is 18.9 Å². The minimum atomic E-state index is -1.25. The monoisotopic (exact) mass is 169 g/mol. The Morgan fingerprint density at radius 3 is 3.00 bits per heavy atom. The molecule has 0 spiro atoms. The van der Waals surface area contributed by atoms with Crippen molar-refractivity contribution in [1.29, 1.82) is 0 Å². The minimum Gasteiger partial charge on any atom is -0.480 e. The largest absolute Gasteiger partial charge is 0.480 e. The van der Waals surface area contributed by atoms with Gasteiger partial charge in [0.2, 0.25) is 0 Å². The second kappa shape index (κ2) is 2.94. The molecule has 1 aromatic rings. The summed E-state index contributed by atoms with van der Waals surface area (Å²) in [6.07, 6.45) is 3.40. The third-order valence-electron chi connectivity index (χ3n) is 1.58. The number of aromatic nitrogens is 2. The Morgan fingerprint density at radius 2 is 2.58 bits per heavy atom. The van der Waals surface area contributed by atoms with E-state index in [2.05, 4.69) is 9.97 Å². The van der Waals surface area contributed by atoms with Crippen LogP contribution in [0.4, 0.5) is 0 Å². The van der Waals surface area contributed by atoms with Crippen LogP contribution < -0.4 is 5.73 Å². The molecule has 0 amide bonds. The third-order valence-corrected chi connectivity index (χ3v) is 1.58. The van der Waals surface area contributed by atoms with E-state index >= 15 is 0 Å². The molecule has 0 fully saturated rings. The number of rotatable bonds is 3. The lowest BCUT2D eigenvalue weighted by Gasteiger charge is -2.16. The van der Waals surface area contributed by atoms with Crippen LogP contribution in [-0.2, 0) is 11.2 Å². The average Bonchev–Trinajstić information content (AvgIpc) is 2.38. The number of hydrogen-bond donors (Lipinski definition) is 3. The summed E-state index contributed by atoms with van der Waals surface area (Å²) in [6, 6.07) is 0. The fraction of sp³-hybridized carbons (Fsp3) is 0.429. The van der Waals surface area contributed by atoms with Crippen LogP contribution in [0, 0.1) is 0 Å². The topological polar surface area (TPSA) is 92.0 Å². The number of nitrogens with two attached hydrogens (primary N) is 1. The third kappa shape index (κ3) is 1.82. The van der Waals surface area contributed by atoms with Gasteiger partial charge in [0.15, 0.2) is 0 Å². The molecule has 1 rings (SSSR count). The van der Waals surface area contributed by atoms with E-state index in [0.29, 0.717) is 5.82 Å². The molecule has 5 nitrogen and oxygen atoms in total. The second-order valence-electron chi connectivity index (χ2n) is 2.94. The molecule has 1 heterocycles. The summed E-state index contributed by atoms with van der Waals surface area (Å²) < 4.78 is 0. The Morgan fingerprint density at radius 1 is 1.92 bits per heavy atom. The first-order chi connectivity index (χ1) is 5.52. The standard InChI is InChI=1S/C7H11N3O2/c1-7(8,6(11)12)4-5-9-2-3-10-5/h2-3H,4,8H2,1H3,(H,9,10)(H,11,12). The molecule has 0 saturated heterocycles. The van der Waals surface area contributed by atoms with Crippen molar-refractivity contribution in [1.82, 2.24) is 9.97 Å². The molecular formula is C7H11N3O2. The van der Waals surface area contributed by atoms with Gasteiger partial charge < -0.3 is 15.8 Å². The van der Waals surface area contributed by atoms with Crippen molar-refractivity contribution in [3.63, 3.8) is 0 Å². The van der Waals surface area contributed by atoms with Crippen LogP contribution in [0.15, 0.2) is 12.4 Å². The molecule has 1 atom stereocenters. The average molecular weight is 169 g/mol. The zero-order chi connectivity index (χ0) is 9.19. The lowest BCUT2D eigenvalue weighted by Crippen LogP contribution is -2.47. The van der Waals surface area contributed by atoms with Gasteiger partial charge in [0.1, 0.15) is 11.4 Å². The molecule has 1 aromatic heterocycles. The Labute approximate surface area is 69.6 Å². The molecule has 0 radical (unpaired) electrons. The molecule has 66 valence electrons. The van der Waals surface area contributed by atoms with Gasteiger partial charge in [-0.3, -0.25) is 4.79 Å². The number of carboxylic acid groups (broad SMARTS) is 1. The van der Waals surface area contributed by atoms with Crippen molar-refractivity contribution in [2.24, 2.45) is 5.73 Å². The maximum absolute atomic E-state index is 10.6. The Kier molecular flexibility index (Phi) is 2.14. The molecule has 5 heteroatoms. The van der Waals surface area contributed by atoms with Crippen LogP contribution in [0.3, 0.4) is 0 Å². The Bertz CT molecular complexity index is 266. The van der Waals surface area contributed by atoms with Crippen molar-refractivity contribution in [3.05, 3.63) is 18.2 Å². The number of nitrogens with one attached hydrogen (secondary N) is 1. The van der Waals surface area contributed by atoms with Gasteiger partial charge in [-0.2, -0.15) is 0 Å². The Hall–Kier alpha value is -1.36. The number of nitrogens with zero attached hydrogens (tertiary/aromatic N) is 1. The van der Waals surface area contributed by atoms with E-state index in [1.54, 1.807) is 12.4 Å². The van der Waals surface area contributed by atoms with Gasteiger partial charge in [-0.25, -0.2) is 4.98 Å². The number of hydrogen-bond acceptors (Lipinski definition) is 3. The van der Waals surface area contributed by atoms with Crippen molar-refractivity contribution >= 4 is 5.97 Å². The molecule has 1 unspecified atom stereocenters. The van der Waals surface area contributed by atoms with Crippen LogP contribution in [0.5, 0.6) is 0 Å². The molecule has 12 heavy (non-hydrogen) atoms. The SMILES string of the molecule is CC(N)(Cc1ncc[nH]1)C(=O)O. The number of H-pyrrole nitrogens is 1. The van der Waals surface area contributed by atoms with Gasteiger partial charge in [0.05, 0.1) is 0 Å². The fourth-order valence-electron chi connectivity index (χ4n) is 0.818.